The maximum Gasteiger partial charge on any atom is 0.237 e. The largest absolute Gasteiger partial charge is 0.342 e. The van der Waals surface area contributed by atoms with E-state index in [0.29, 0.717) is 38.0 Å². The number of benzene rings is 1. The van der Waals surface area contributed by atoms with Gasteiger partial charge < -0.3 is 4.90 Å². The summed E-state index contributed by atoms with van der Waals surface area (Å²) >= 11 is 0. The van der Waals surface area contributed by atoms with Gasteiger partial charge in [-0.2, -0.15) is 0 Å². The predicted octanol–water partition coefficient (Wildman–Crippen LogP) is 2.56. The molecule has 3 amide bonds. The lowest BCUT2D eigenvalue weighted by Gasteiger charge is -2.41. The predicted molar refractivity (Wildman–Crippen MR) is 94.6 cm³/mol. The van der Waals surface area contributed by atoms with Crippen molar-refractivity contribution in [2.75, 3.05) is 19.6 Å². The molecule has 1 aromatic rings. The average Bonchev–Trinajstić information content (AvgIpc) is 2.82. The molecule has 3 rings (SSSR count). The first-order valence-corrected chi connectivity index (χ1v) is 9.22. The number of carbonyl (C=O) groups excluding carboxylic acids is 3. The van der Waals surface area contributed by atoms with Gasteiger partial charge in [0.05, 0.1) is 11.3 Å². The number of rotatable bonds is 3. The van der Waals surface area contributed by atoms with Crippen molar-refractivity contribution < 1.29 is 18.8 Å². The summed E-state index contributed by atoms with van der Waals surface area (Å²) in [6, 6.07) is 5.84. The molecule has 0 radical (unpaired) electrons. The number of carbonyl (C=O) groups is 3. The number of hydrogen-bond donors (Lipinski definition) is 0. The van der Waals surface area contributed by atoms with Crippen LogP contribution in [0.3, 0.4) is 0 Å². The summed E-state index contributed by atoms with van der Waals surface area (Å²) in [5.41, 5.74) is -0.164. The zero-order valence-corrected chi connectivity index (χ0v) is 15.5. The number of nitrogens with zero attached hydrogens (tertiary/aromatic N) is 2. The molecular formula is C20H25FN2O3. The van der Waals surface area contributed by atoms with E-state index < -0.39 is 11.3 Å². The van der Waals surface area contributed by atoms with Crippen molar-refractivity contribution in [2.24, 2.45) is 11.3 Å². The van der Waals surface area contributed by atoms with Crippen molar-refractivity contribution in [2.45, 2.75) is 39.5 Å². The van der Waals surface area contributed by atoms with Gasteiger partial charge in [0.1, 0.15) is 5.82 Å². The fourth-order valence-electron chi connectivity index (χ4n) is 4.29. The van der Waals surface area contributed by atoms with E-state index in [9.17, 15) is 18.8 Å². The molecule has 26 heavy (non-hydrogen) atoms. The second-order valence-electron chi connectivity index (χ2n) is 7.51. The Labute approximate surface area is 153 Å². The zero-order chi connectivity index (χ0) is 19.1. The molecule has 5 nitrogen and oxygen atoms in total. The van der Waals surface area contributed by atoms with E-state index in [0.717, 1.165) is 0 Å². The Bertz CT molecular complexity index is 721. The smallest absolute Gasteiger partial charge is 0.237 e. The topological polar surface area (TPSA) is 57.7 Å². The standard InChI is InChI=1S/C20H25FN2O3/c1-4-23-18(25)16(14-5-7-15(21)8-6-14)20(19(23)26)9-11-22(12-10-20)17(24)13(2)3/h5-8,13,16H,4,9-12H2,1-3H3. The van der Waals surface area contributed by atoms with Gasteiger partial charge in [0.25, 0.3) is 0 Å². The zero-order valence-electron chi connectivity index (χ0n) is 15.5. The van der Waals surface area contributed by atoms with E-state index >= 15 is 0 Å². The molecule has 2 saturated heterocycles. The monoisotopic (exact) mass is 360 g/mol. The molecule has 0 saturated carbocycles. The summed E-state index contributed by atoms with van der Waals surface area (Å²) in [4.78, 5) is 41.4. The third kappa shape index (κ3) is 2.81. The molecule has 0 bridgehead atoms. The van der Waals surface area contributed by atoms with Gasteiger partial charge in [0, 0.05) is 25.6 Å². The second-order valence-corrected chi connectivity index (χ2v) is 7.51. The van der Waals surface area contributed by atoms with Crippen LogP contribution in [0.1, 0.15) is 45.1 Å². The highest BCUT2D eigenvalue weighted by Crippen LogP contribution is 2.51. The third-order valence-corrected chi connectivity index (χ3v) is 5.72. The number of halogens is 1. The Morgan fingerprint density at radius 2 is 1.77 bits per heavy atom. The molecule has 0 aliphatic carbocycles. The van der Waals surface area contributed by atoms with Crippen LogP contribution < -0.4 is 0 Å². The summed E-state index contributed by atoms with van der Waals surface area (Å²) in [6.45, 7) is 6.75. The Hall–Kier alpha value is -2.24. The van der Waals surface area contributed by atoms with Gasteiger partial charge in [-0.3, -0.25) is 19.3 Å². The van der Waals surface area contributed by atoms with Gasteiger partial charge >= 0.3 is 0 Å². The van der Waals surface area contributed by atoms with Crippen LogP contribution >= 0.6 is 0 Å². The first-order valence-electron chi connectivity index (χ1n) is 9.22. The Balaban J connectivity index is 1.94. The van der Waals surface area contributed by atoms with Crippen LogP contribution in [0.5, 0.6) is 0 Å². The highest BCUT2D eigenvalue weighted by molar-refractivity contribution is 6.10. The first-order chi connectivity index (χ1) is 12.3. The molecule has 0 N–H and O–H groups in total. The SMILES string of the molecule is CCN1C(=O)C(c2ccc(F)cc2)C2(CCN(C(=O)C(C)C)CC2)C1=O. The Kier molecular flexibility index (Phi) is 4.86. The number of likely N-dealkylation sites (N-methyl/N-ethyl adjacent to an activating group) is 1. The molecule has 6 heteroatoms. The molecule has 1 spiro atoms. The minimum atomic E-state index is -0.835. The molecule has 2 heterocycles. The van der Waals surface area contributed by atoms with Gasteiger partial charge in [-0.15, -0.1) is 0 Å². The summed E-state index contributed by atoms with van der Waals surface area (Å²) in [7, 11) is 0. The molecular weight excluding hydrogens is 335 g/mol. The highest BCUT2D eigenvalue weighted by atomic mass is 19.1. The molecule has 0 aromatic heterocycles. The van der Waals surface area contributed by atoms with Crippen molar-refractivity contribution in [3.63, 3.8) is 0 Å². The van der Waals surface area contributed by atoms with E-state index in [1.807, 2.05) is 13.8 Å². The van der Waals surface area contributed by atoms with E-state index in [1.165, 1.54) is 17.0 Å². The highest BCUT2D eigenvalue weighted by Gasteiger charge is 2.60. The van der Waals surface area contributed by atoms with Crippen LogP contribution in [0.4, 0.5) is 4.39 Å². The quantitative estimate of drug-likeness (QED) is 0.779. The van der Waals surface area contributed by atoms with E-state index in [1.54, 1.807) is 24.0 Å². The molecule has 1 aromatic carbocycles. The van der Waals surface area contributed by atoms with E-state index in [-0.39, 0.29) is 29.5 Å². The number of amides is 3. The lowest BCUT2D eigenvalue weighted by molar-refractivity contribution is -0.145. The number of hydrogen-bond acceptors (Lipinski definition) is 3. The van der Waals surface area contributed by atoms with E-state index in [2.05, 4.69) is 0 Å². The first kappa shape index (κ1) is 18.5. The average molecular weight is 360 g/mol. The summed E-state index contributed by atoms with van der Waals surface area (Å²) in [5, 5.41) is 0. The summed E-state index contributed by atoms with van der Waals surface area (Å²) < 4.78 is 13.3. The fourth-order valence-corrected chi connectivity index (χ4v) is 4.29. The van der Waals surface area contributed by atoms with Crippen molar-refractivity contribution in [3.05, 3.63) is 35.6 Å². The number of imide groups is 1. The van der Waals surface area contributed by atoms with Crippen molar-refractivity contribution in [3.8, 4) is 0 Å². The third-order valence-electron chi connectivity index (χ3n) is 5.72. The lowest BCUT2D eigenvalue weighted by atomic mass is 9.67. The molecule has 2 aliphatic rings. The normalized spacial score (nSPS) is 22.6. The van der Waals surface area contributed by atoms with Crippen LogP contribution in [0.25, 0.3) is 0 Å². The van der Waals surface area contributed by atoms with Gasteiger partial charge in [-0.25, -0.2) is 4.39 Å². The minimum Gasteiger partial charge on any atom is -0.342 e. The lowest BCUT2D eigenvalue weighted by Crippen LogP contribution is -2.49. The molecule has 140 valence electrons. The Morgan fingerprint density at radius 1 is 1.19 bits per heavy atom. The maximum absolute atomic E-state index is 13.3. The molecule has 2 aliphatic heterocycles. The fraction of sp³-hybridized carbons (Fsp3) is 0.550. The van der Waals surface area contributed by atoms with Gasteiger partial charge in [0.15, 0.2) is 0 Å². The van der Waals surface area contributed by atoms with Gasteiger partial charge in [0.2, 0.25) is 17.7 Å². The van der Waals surface area contributed by atoms with Crippen LogP contribution in [-0.4, -0.2) is 47.2 Å². The molecule has 1 unspecified atom stereocenters. The minimum absolute atomic E-state index is 0.0716. The van der Waals surface area contributed by atoms with Crippen molar-refractivity contribution in [1.29, 1.82) is 0 Å². The molecule has 2 fully saturated rings. The van der Waals surface area contributed by atoms with Crippen LogP contribution in [0, 0.1) is 17.2 Å². The van der Waals surface area contributed by atoms with Crippen LogP contribution in [0.15, 0.2) is 24.3 Å². The van der Waals surface area contributed by atoms with E-state index in [4.69, 9.17) is 0 Å². The maximum atomic E-state index is 13.3. The van der Waals surface area contributed by atoms with Gasteiger partial charge in [-0.1, -0.05) is 26.0 Å². The molecule has 1 atom stereocenters. The van der Waals surface area contributed by atoms with Crippen molar-refractivity contribution in [1.82, 2.24) is 9.80 Å². The number of likely N-dealkylation sites (tertiary alicyclic amines) is 2. The summed E-state index contributed by atoms with van der Waals surface area (Å²) in [5.74, 6) is -1.37. The van der Waals surface area contributed by atoms with Crippen LogP contribution in [-0.2, 0) is 14.4 Å². The Morgan fingerprint density at radius 3 is 2.27 bits per heavy atom. The van der Waals surface area contributed by atoms with Gasteiger partial charge in [-0.05, 0) is 37.5 Å². The second kappa shape index (κ2) is 6.82. The number of piperidine rings is 1. The summed E-state index contributed by atoms with van der Waals surface area (Å²) in [6.07, 6.45) is 0.906. The van der Waals surface area contributed by atoms with Crippen molar-refractivity contribution >= 4 is 17.7 Å². The van der Waals surface area contributed by atoms with Crippen LogP contribution in [0.2, 0.25) is 0 Å².